The first kappa shape index (κ1) is 22.2. The molecule has 0 aliphatic carbocycles. The van der Waals surface area contributed by atoms with E-state index in [1.807, 2.05) is 42.5 Å². The Morgan fingerprint density at radius 2 is 1.76 bits per heavy atom. The SMILES string of the molecule is Cn1nnnc1-c1cccc(NC(=O)CC(NC(=O)c2ccccc2Cl)c2ccccc2)c1. The molecule has 0 bridgehead atoms. The topological polar surface area (TPSA) is 102 Å². The molecule has 33 heavy (non-hydrogen) atoms. The lowest BCUT2D eigenvalue weighted by Crippen LogP contribution is -2.31. The number of anilines is 1. The highest BCUT2D eigenvalue weighted by atomic mass is 35.5. The van der Waals surface area contributed by atoms with Gasteiger partial charge in [-0.05, 0) is 40.3 Å². The average Bonchev–Trinajstić information content (AvgIpc) is 3.25. The second-order valence-corrected chi connectivity index (χ2v) is 7.78. The number of aryl methyl sites for hydroxylation is 1. The molecule has 2 N–H and O–H groups in total. The van der Waals surface area contributed by atoms with E-state index in [-0.39, 0.29) is 18.2 Å². The fourth-order valence-corrected chi connectivity index (χ4v) is 3.65. The van der Waals surface area contributed by atoms with Crippen LogP contribution in [-0.2, 0) is 11.8 Å². The molecule has 0 aliphatic rings. The van der Waals surface area contributed by atoms with Crippen LogP contribution < -0.4 is 10.6 Å². The number of aromatic nitrogens is 4. The van der Waals surface area contributed by atoms with E-state index >= 15 is 0 Å². The van der Waals surface area contributed by atoms with Crippen LogP contribution in [0.4, 0.5) is 5.69 Å². The van der Waals surface area contributed by atoms with E-state index in [1.165, 1.54) is 0 Å². The second kappa shape index (κ2) is 10.1. The first-order valence-electron chi connectivity index (χ1n) is 10.2. The molecule has 0 fully saturated rings. The molecule has 0 spiro atoms. The molecule has 4 rings (SSSR count). The van der Waals surface area contributed by atoms with Crippen molar-refractivity contribution in [3.05, 3.63) is 95.0 Å². The van der Waals surface area contributed by atoms with E-state index in [9.17, 15) is 9.59 Å². The molecule has 0 saturated heterocycles. The van der Waals surface area contributed by atoms with Gasteiger partial charge in [0, 0.05) is 18.3 Å². The molecule has 9 heteroatoms. The molecule has 0 radical (unpaired) electrons. The molecule has 0 saturated carbocycles. The molecular weight excluding hydrogens is 440 g/mol. The lowest BCUT2D eigenvalue weighted by molar-refractivity contribution is -0.116. The van der Waals surface area contributed by atoms with Gasteiger partial charge in [-0.25, -0.2) is 4.68 Å². The minimum absolute atomic E-state index is 0.0376. The third-order valence-corrected chi connectivity index (χ3v) is 5.37. The van der Waals surface area contributed by atoms with Crippen LogP contribution in [-0.4, -0.2) is 32.0 Å². The Balaban J connectivity index is 1.51. The fraction of sp³-hybridized carbons (Fsp3) is 0.125. The van der Waals surface area contributed by atoms with E-state index in [0.29, 0.717) is 22.1 Å². The Labute approximate surface area is 195 Å². The summed E-state index contributed by atoms with van der Waals surface area (Å²) < 4.78 is 1.55. The zero-order valence-corrected chi connectivity index (χ0v) is 18.5. The van der Waals surface area contributed by atoms with Gasteiger partial charge in [-0.15, -0.1) is 5.10 Å². The van der Waals surface area contributed by atoms with Crippen molar-refractivity contribution >= 4 is 29.1 Å². The van der Waals surface area contributed by atoms with E-state index < -0.39 is 6.04 Å². The Morgan fingerprint density at radius 1 is 1.00 bits per heavy atom. The summed E-state index contributed by atoms with van der Waals surface area (Å²) in [6.07, 6.45) is 0.0376. The van der Waals surface area contributed by atoms with Crippen molar-refractivity contribution in [2.75, 3.05) is 5.32 Å². The molecule has 8 nitrogen and oxygen atoms in total. The maximum atomic E-state index is 12.9. The first-order chi connectivity index (χ1) is 16.0. The zero-order valence-electron chi connectivity index (χ0n) is 17.8. The number of tetrazole rings is 1. The first-order valence-corrected chi connectivity index (χ1v) is 10.6. The quantitative estimate of drug-likeness (QED) is 0.433. The lowest BCUT2D eigenvalue weighted by atomic mass is 10.0. The summed E-state index contributed by atoms with van der Waals surface area (Å²) in [6, 6.07) is 22.8. The van der Waals surface area contributed by atoms with Gasteiger partial charge in [0.15, 0.2) is 5.82 Å². The number of amides is 2. The standard InChI is InChI=1S/C24H21ClN6O2/c1-31-23(28-29-30-31)17-10-7-11-18(14-17)26-22(32)15-21(16-8-3-2-4-9-16)27-24(33)19-12-5-6-13-20(19)25/h2-14,21H,15H2,1H3,(H,26,32)(H,27,33). The predicted molar refractivity (Wildman–Crippen MR) is 126 cm³/mol. The molecule has 1 unspecified atom stereocenters. The van der Waals surface area contributed by atoms with E-state index in [0.717, 1.165) is 11.1 Å². The number of benzene rings is 3. The van der Waals surface area contributed by atoms with Gasteiger partial charge in [0.25, 0.3) is 5.91 Å². The lowest BCUT2D eigenvalue weighted by Gasteiger charge is -2.19. The number of hydrogen-bond acceptors (Lipinski definition) is 5. The molecule has 2 amide bonds. The van der Waals surface area contributed by atoms with Crippen molar-refractivity contribution in [3.63, 3.8) is 0 Å². The third-order valence-electron chi connectivity index (χ3n) is 5.04. The Bertz CT molecular complexity index is 1270. The van der Waals surface area contributed by atoms with Crippen LogP contribution in [0.2, 0.25) is 5.02 Å². The van der Waals surface area contributed by atoms with Crippen molar-refractivity contribution in [1.29, 1.82) is 0 Å². The van der Waals surface area contributed by atoms with Crippen LogP contribution in [0, 0.1) is 0 Å². The number of carbonyl (C=O) groups is 2. The fourth-order valence-electron chi connectivity index (χ4n) is 3.43. The van der Waals surface area contributed by atoms with Gasteiger partial charge in [0.05, 0.1) is 23.0 Å². The summed E-state index contributed by atoms with van der Waals surface area (Å²) in [5.41, 5.74) is 2.54. The Morgan fingerprint density at radius 3 is 2.48 bits per heavy atom. The van der Waals surface area contributed by atoms with Gasteiger partial charge in [0.1, 0.15) is 0 Å². The monoisotopic (exact) mass is 460 g/mol. The Hall–Kier alpha value is -4.04. The van der Waals surface area contributed by atoms with E-state index in [4.69, 9.17) is 11.6 Å². The summed E-state index contributed by atoms with van der Waals surface area (Å²) in [4.78, 5) is 25.8. The van der Waals surface area contributed by atoms with Gasteiger partial charge >= 0.3 is 0 Å². The largest absolute Gasteiger partial charge is 0.345 e. The number of nitrogens with zero attached hydrogens (tertiary/aromatic N) is 4. The van der Waals surface area contributed by atoms with E-state index in [1.54, 1.807) is 48.1 Å². The van der Waals surface area contributed by atoms with Crippen LogP contribution in [0.25, 0.3) is 11.4 Å². The van der Waals surface area contributed by atoms with Crippen molar-refractivity contribution < 1.29 is 9.59 Å². The summed E-state index contributed by atoms with van der Waals surface area (Å²) in [6.45, 7) is 0. The van der Waals surface area contributed by atoms with Gasteiger partial charge < -0.3 is 10.6 Å². The van der Waals surface area contributed by atoms with Gasteiger partial charge in [-0.3, -0.25) is 9.59 Å². The van der Waals surface area contributed by atoms with Crippen LogP contribution in [0.3, 0.4) is 0 Å². The van der Waals surface area contributed by atoms with Crippen LogP contribution in [0.1, 0.15) is 28.4 Å². The van der Waals surface area contributed by atoms with E-state index in [2.05, 4.69) is 26.2 Å². The van der Waals surface area contributed by atoms with Gasteiger partial charge in [-0.2, -0.15) is 0 Å². The predicted octanol–water partition coefficient (Wildman–Crippen LogP) is 4.03. The molecule has 1 heterocycles. The van der Waals surface area contributed by atoms with Crippen molar-refractivity contribution in [1.82, 2.24) is 25.5 Å². The van der Waals surface area contributed by atoms with Crippen LogP contribution in [0.5, 0.6) is 0 Å². The average molecular weight is 461 g/mol. The van der Waals surface area contributed by atoms with Crippen LogP contribution in [0.15, 0.2) is 78.9 Å². The third kappa shape index (κ3) is 5.42. The number of carbonyl (C=O) groups excluding carboxylic acids is 2. The summed E-state index contributed by atoms with van der Waals surface area (Å²) >= 11 is 6.17. The summed E-state index contributed by atoms with van der Waals surface area (Å²) in [7, 11) is 1.74. The van der Waals surface area contributed by atoms with Crippen molar-refractivity contribution in [2.45, 2.75) is 12.5 Å². The van der Waals surface area contributed by atoms with Crippen molar-refractivity contribution in [3.8, 4) is 11.4 Å². The van der Waals surface area contributed by atoms with Gasteiger partial charge in [-0.1, -0.05) is 66.2 Å². The minimum Gasteiger partial charge on any atom is -0.345 e. The molecule has 0 aliphatic heterocycles. The molecule has 1 atom stereocenters. The van der Waals surface area contributed by atoms with Crippen molar-refractivity contribution in [2.24, 2.45) is 7.05 Å². The molecule has 3 aromatic carbocycles. The maximum Gasteiger partial charge on any atom is 0.253 e. The number of nitrogens with one attached hydrogen (secondary N) is 2. The normalized spacial score (nSPS) is 11.6. The second-order valence-electron chi connectivity index (χ2n) is 7.38. The Kier molecular flexibility index (Phi) is 6.75. The highest BCUT2D eigenvalue weighted by Gasteiger charge is 2.20. The molecule has 4 aromatic rings. The van der Waals surface area contributed by atoms with Gasteiger partial charge in [0.2, 0.25) is 5.91 Å². The highest BCUT2D eigenvalue weighted by Crippen LogP contribution is 2.23. The number of hydrogen-bond donors (Lipinski definition) is 2. The molecule has 166 valence electrons. The number of halogens is 1. The zero-order chi connectivity index (χ0) is 23.2. The number of rotatable bonds is 7. The minimum atomic E-state index is -0.541. The van der Waals surface area contributed by atoms with Crippen LogP contribution >= 0.6 is 11.6 Å². The molecule has 1 aromatic heterocycles. The highest BCUT2D eigenvalue weighted by molar-refractivity contribution is 6.33. The molecular formula is C24H21ClN6O2. The summed E-state index contributed by atoms with van der Waals surface area (Å²) in [5, 5.41) is 17.7. The maximum absolute atomic E-state index is 12.9. The summed E-state index contributed by atoms with van der Waals surface area (Å²) in [5.74, 6) is -0.0177. The smallest absolute Gasteiger partial charge is 0.253 e.